The number of carbonyl (C=O) groups is 1. The molecule has 0 saturated carbocycles. The van der Waals surface area contributed by atoms with Crippen LogP contribution in [0.15, 0.2) is 78.9 Å². The largest absolute Gasteiger partial charge is 0.356 e. The molecule has 0 aliphatic heterocycles. The summed E-state index contributed by atoms with van der Waals surface area (Å²) in [4.78, 5) is 12.0. The van der Waals surface area contributed by atoms with Gasteiger partial charge in [0, 0.05) is 28.6 Å². The molecule has 5 heteroatoms. The summed E-state index contributed by atoms with van der Waals surface area (Å²) in [5.74, 6) is 0. The maximum absolute atomic E-state index is 12.0. The fraction of sp³-hybridized carbons (Fsp3) is 0.0952. The van der Waals surface area contributed by atoms with Crippen LogP contribution in [0.25, 0.3) is 0 Å². The Hall–Kier alpha value is -2.98. The molecule has 0 bridgehead atoms. The first-order valence-corrected chi connectivity index (χ1v) is 8.78. The van der Waals surface area contributed by atoms with Crippen LogP contribution in [0, 0.1) is 0 Å². The van der Waals surface area contributed by atoms with Gasteiger partial charge >= 0.3 is 6.03 Å². The molecule has 26 heavy (non-hydrogen) atoms. The minimum atomic E-state index is -0.226. The van der Waals surface area contributed by atoms with Gasteiger partial charge in [-0.05, 0) is 60.5 Å². The van der Waals surface area contributed by atoms with Gasteiger partial charge in [-0.15, -0.1) is 0 Å². The highest BCUT2D eigenvalue weighted by atomic mass is 35.5. The first-order chi connectivity index (χ1) is 12.7. The molecule has 4 nitrogen and oxygen atoms in total. The van der Waals surface area contributed by atoms with Gasteiger partial charge in [0.1, 0.15) is 0 Å². The highest BCUT2D eigenvalue weighted by molar-refractivity contribution is 6.30. The molecule has 0 radical (unpaired) electrons. The van der Waals surface area contributed by atoms with Crippen LogP contribution in [0.2, 0.25) is 5.02 Å². The third-order valence-electron chi connectivity index (χ3n) is 3.79. The highest BCUT2D eigenvalue weighted by Gasteiger charge is 2.02. The van der Waals surface area contributed by atoms with Crippen molar-refractivity contribution in [3.63, 3.8) is 0 Å². The van der Waals surface area contributed by atoms with Gasteiger partial charge in [0.2, 0.25) is 0 Å². The van der Waals surface area contributed by atoms with Crippen molar-refractivity contribution in [2.75, 3.05) is 17.2 Å². The summed E-state index contributed by atoms with van der Waals surface area (Å²) in [6.07, 6.45) is 0.730. The molecule has 0 unspecified atom stereocenters. The standard InChI is InChI=1S/C21H20ClN3O/c22-17-6-4-5-16(15-17)13-14-23-21(26)25-20-11-9-19(10-12-20)24-18-7-2-1-3-8-18/h1-12,15,24H,13-14H2,(H2,23,25,26). The molecular formula is C21H20ClN3O. The predicted octanol–water partition coefficient (Wildman–Crippen LogP) is 5.45. The van der Waals surface area contributed by atoms with Gasteiger partial charge in [-0.1, -0.05) is 41.9 Å². The molecule has 0 fully saturated rings. The van der Waals surface area contributed by atoms with E-state index in [1.54, 1.807) is 0 Å². The van der Waals surface area contributed by atoms with E-state index in [-0.39, 0.29) is 6.03 Å². The number of amides is 2. The summed E-state index contributed by atoms with van der Waals surface area (Å²) in [6.45, 7) is 0.541. The van der Waals surface area contributed by atoms with E-state index in [9.17, 15) is 4.79 Å². The average molecular weight is 366 g/mol. The molecule has 2 amide bonds. The first-order valence-electron chi connectivity index (χ1n) is 8.40. The van der Waals surface area contributed by atoms with Gasteiger partial charge in [-0.2, -0.15) is 0 Å². The van der Waals surface area contributed by atoms with Crippen molar-refractivity contribution in [3.8, 4) is 0 Å². The fourth-order valence-electron chi connectivity index (χ4n) is 2.51. The van der Waals surface area contributed by atoms with Crippen molar-refractivity contribution >= 4 is 34.7 Å². The van der Waals surface area contributed by atoms with Crippen molar-refractivity contribution in [3.05, 3.63) is 89.4 Å². The van der Waals surface area contributed by atoms with E-state index in [1.165, 1.54) is 0 Å². The molecule has 0 saturated heterocycles. The van der Waals surface area contributed by atoms with Gasteiger partial charge in [0.05, 0.1) is 0 Å². The Labute approximate surface area is 158 Å². The van der Waals surface area contributed by atoms with Crippen molar-refractivity contribution in [1.29, 1.82) is 0 Å². The minimum absolute atomic E-state index is 0.226. The maximum Gasteiger partial charge on any atom is 0.319 e. The molecule has 3 rings (SSSR count). The van der Waals surface area contributed by atoms with Crippen LogP contribution >= 0.6 is 11.6 Å². The Morgan fingerprint density at radius 3 is 2.23 bits per heavy atom. The van der Waals surface area contributed by atoms with Crippen molar-refractivity contribution < 1.29 is 4.79 Å². The number of hydrogen-bond donors (Lipinski definition) is 3. The molecule has 3 aromatic carbocycles. The third kappa shape index (κ3) is 5.53. The molecular weight excluding hydrogens is 346 g/mol. The van der Waals surface area contributed by atoms with E-state index in [2.05, 4.69) is 16.0 Å². The zero-order valence-electron chi connectivity index (χ0n) is 14.2. The van der Waals surface area contributed by atoms with E-state index < -0.39 is 0 Å². The molecule has 0 aromatic heterocycles. The van der Waals surface area contributed by atoms with Crippen LogP contribution in [-0.2, 0) is 6.42 Å². The lowest BCUT2D eigenvalue weighted by Crippen LogP contribution is -2.30. The monoisotopic (exact) mass is 365 g/mol. The molecule has 0 heterocycles. The van der Waals surface area contributed by atoms with Crippen LogP contribution in [0.4, 0.5) is 21.9 Å². The van der Waals surface area contributed by atoms with Crippen molar-refractivity contribution in [2.45, 2.75) is 6.42 Å². The molecule has 0 spiro atoms. The van der Waals surface area contributed by atoms with Crippen molar-refractivity contribution in [1.82, 2.24) is 5.32 Å². The van der Waals surface area contributed by atoms with E-state index in [4.69, 9.17) is 11.6 Å². The highest BCUT2D eigenvalue weighted by Crippen LogP contribution is 2.18. The van der Waals surface area contributed by atoms with Gasteiger partial charge in [0.15, 0.2) is 0 Å². The Kier molecular flexibility index (Phi) is 6.12. The number of nitrogens with one attached hydrogen (secondary N) is 3. The van der Waals surface area contributed by atoms with E-state index in [0.717, 1.165) is 29.0 Å². The van der Waals surface area contributed by atoms with E-state index in [1.807, 2.05) is 78.9 Å². The number of benzene rings is 3. The lowest BCUT2D eigenvalue weighted by atomic mass is 10.1. The Bertz CT molecular complexity index is 851. The van der Waals surface area contributed by atoms with Crippen LogP contribution in [0.1, 0.15) is 5.56 Å². The van der Waals surface area contributed by atoms with Crippen LogP contribution < -0.4 is 16.0 Å². The number of rotatable bonds is 6. The second kappa shape index (κ2) is 8.92. The third-order valence-corrected chi connectivity index (χ3v) is 4.03. The number of anilines is 3. The van der Waals surface area contributed by atoms with Gasteiger partial charge in [-0.25, -0.2) is 4.79 Å². The quantitative estimate of drug-likeness (QED) is 0.544. The SMILES string of the molecule is O=C(NCCc1cccc(Cl)c1)Nc1ccc(Nc2ccccc2)cc1. The molecule has 3 aromatic rings. The second-order valence-corrected chi connectivity index (χ2v) is 6.27. The van der Waals surface area contributed by atoms with E-state index in [0.29, 0.717) is 11.6 Å². The Morgan fingerprint density at radius 2 is 1.50 bits per heavy atom. The summed E-state index contributed by atoms with van der Waals surface area (Å²) in [6, 6.07) is 24.9. The van der Waals surface area contributed by atoms with Gasteiger partial charge in [0.25, 0.3) is 0 Å². The maximum atomic E-state index is 12.0. The summed E-state index contributed by atoms with van der Waals surface area (Å²) in [5, 5.41) is 9.68. The number of hydrogen-bond acceptors (Lipinski definition) is 2. The number of carbonyl (C=O) groups excluding carboxylic acids is 1. The lowest BCUT2D eigenvalue weighted by molar-refractivity contribution is 0.252. The summed E-state index contributed by atoms with van der Waals surface area (Å²) < 4.78 is 0. The van der Waals surface area contributed by atoms with Crippen LogP contribution in [-0.4, -0.2) is 12.6 Å². The molecule has 0 aliphatic carbocycles. The Balaban J connectivity index is 1.45. The summed E-state index contributed by atoms with van der Waals surface area (Å²) in [7, 11) is 0. The predicted molar refractivity (Wildman–Crippen MR) is 108 cm³/mol. The Morgan fingerprint density at radius 1 is 0.808 bits per heavy atom. The first kappa shape index (κ1) is 17.8. The fourth-order valence-corrected chi connectivity index (χ4v) is 2.73. The van der Waals surface area contributed by atoms with Gasteiger partial charge in [-0.3, -0.25) is 0 Å². The zero-order chi connectivity index (χ0) is 18.2. The van der Waals surface area contributed by atoms with Crippen molar-refractivity contribution in [2.24, 2.45) is 0 Å². The van der Waals surface area contributed by atoms with Crippen LogP contribution in [0.3, 0.4) is 0 Å². The normalized spacial score (nSPS) is 10.2. The molecule has 0 atom stereocenters. The summed E-state index contributed by atoms with van der Waals surface area (Å²) in [5.41, 5.74) is 3.81. The number of halogens is 1. The minimum Gasteiger partial charge on any atom is -0.356 e. The number of para-hydroxylation sites is 1. The molecule has 3 N–H and O–H groups in total. The number of urea groups is 1. The van der Waals surface area contributed by atoms with Gasteiger partial charge < -0.3 is 16.0 Å². The zero-order valence-corrected chi connectivity index (χ0v) is 15.0. The summed E-state index contributed by atoms with van der Waals surface area (Å²) >= 11 is 5.95. The smallest absolute Gasteiger partial charge is 0.319 e. The molecule has 132 valence electrons. The topological polar surface area (TPSA) is 53.2 Å². The van der Waals surface area contributed by atoms with Crippen LogP contribution in [0.5, 0.6) is 0 Å². The lowest BCUT2D eigenvalue weighted by Gasteiger charge is -2.10. The molecule has 0 aliphatic rings. The average Bonchev–Trinajstić information content (AvgIpc) is 2.64. The second-order valence-electron chi connectivity index (χ2n) is 5.83. The van der Waals surface area contributed by atoms with E-state index >= 15 is 0 Å².